The highest BCUT2D eigenvalue weighted by Crippen LogP contribution is 2.25. The molecule has 25 heavy (non-hydrogen) atoms. The van der Waals surface area contributed by atoms with Crippen molar-refractivity contribution >= 4 is 17.4 Å². The van der Waals surface area contributed by atoms with Gasteiger partial charge in [0.25, 0.3) is 5.91 Å². The van der Waals surface area contributed by atoms with Gasteiger partial charge in [0.15, 0.2) is 11.5 Å². The molecule has 0 unspecified atom stereocenters. The average molecular weight is 341 g/mol. The van der Waals surface area contributed by atoms with E-state index in [1.165, 1.54) is 11.1 Å². The molecule has 1 aromatic carbocycles. The monoisotopic (exact) mass is 341 g/mol. The first kappa shape index (κ1) is 18.9. The number of carbonyl (C=O) groups excluding carboxylic acids is 1. The van der Waals surface area contributed by atoms with E-state index in [1.807, 2.05) is 19.0 Å². The van der Waals surface area contributed by atoms with Crippen LogP contribution in [0.15, 0.2) is 30.3 Å². The Bertz CT molecular complexity index is 675. The van der Waals surface area contributed by atoms with Gasteiger partial charge in [-0.1, -0.05) is 32.0 Å². The zero-order valence-corrected chi connectivity index (χ0v) is 15.5. The molecule has 0 radical (unpaired) electrons. The number of aryl methyl sites for hydroxylation is 2. The second-order valence-electron chi connectivity index (χ2n) is 6.15. The van der Waals surface area contributed by atoms with Crippen LogP contribution in [0.25, 0.3) is 0 Å². The number of hydrogen-bond acceptors (Lipinski definition) is 5. The quantitative estimate of drug-likeness (QED) is 0.772. The summed E-state index contributed by atoms with van der Waals surface area (Å²) >= 11 is 0. The van der Waals surface area contributed by atoms with Crippen molar-refractivity contribution in [1.82, 2.24) is 20.4 Å². The Hall–Kier alpha value is -2.47. The Morgan fingerprint density at radius 3 is 2.24 bits per heavy atom. The van der Waals surface area contributed by atoms with E-state index >= 15 is 0 Å². The highest BCUT2D eigenvalue weighted by molar-refractivity contribution is 5.92. The van der Waals surface area contributed by atoms with Gasteiger partial charge in [-0.3, -0.25) is 4.79 Å². The number of para-hydroxylation sites is 1. The van der Waals surface area contributed by atoms with E-state index in [2.05, 4.69) is 52.9 Å². The van der Waals surface area contributed by atoms with Crippen molar-refractivity contribution in [2.45, 2.75) is 26.7 Å². The number of hydrogen-bond donors (Lipinski definition) is 2. The lowest BCUT2D eigenvalue weighted by Gasteiger charge is -2.14. The highest BCUT2D eigenvalue weighted by Gasteiger charge is 2.10. The van der Waals surface area contributed by atoms with Crippen LogP contribution < -0.4 is 10.6 Å². The van der Waals surface area contributed by atoms with Crippen LogP contribution in [-0.2, 0) is 12.8 Å². The molecule has 2 aromatic rings. The first-order valence-electron chi connectivity index (χ1n) is 8.69. The molecule has 0 saturated carbocycles. The fourth-order valence-corrected chi connectivity index (χ4v) is 2.53. The zero-order valence-electron chi connectivity index (χ0n) is 15.5. The maximum Gasteiger partial charge on any atom is 0.271 e. The van der Waals surface area contributed by atoms with Gasteiger partial charge in [-0.2, -0.15) is 0 Å². The van der Waals surface area contributed by atoms with Crippen LogP contribution in [0.1, 0.15) is 35.5 Å². The minimum atomic E-state index is -0.205. The fourth-order valence-electron chi connectivity index (χ4n) is 2.53. The first-order valence-corrected chi connectivity index (χ1v) is 8.69. The Balaban J connectivity index is 2.07. The van der Waals surface area contributed by atoms with Gasteiger partial charge in [0.2, 0.25) is 0 Å². The van der Waals surface area contributed by atoms with Crippen LogP contribution in [0.2, 0.25) is 0 Å². The van der Waals surface area contributed by atoms with E-state index in [4.69, 9.17) is 0 Å². The second kappa shape index (κ2) is 9.13. The molecule has 1 heterocycles. The normalized spacial score (nSPS) is 10.8. The molecular formula is C19H27N5O. The minimum absolute atomic E-state index is 0.205. The maximum atomic E-state index is 12.0. The molecule has 0 aliphatic heterocycles. The Labute approximate surface area is 149 Å². The highest BCUT2D eigenvalue weighted by atomic mass is 16.1. The SMILES string of the molecule is CCc1cccc(CC)c1Nc1ccc(C(=O)NCCN(C)C)nn1. The maximum absolute atomic E-state index is 12.0. The molecule has 134 valence electrons. The van der Waals surface area contributed by atoms with Crippen molar-refractivity contribution in [1.29, 1.82) is 0 Å². The number of nitrogens with zero attached hydrogens (tertiary/aromatic N) is 3. The van der Waals surface area contributed by atoms with Crippen LogP contribution in [0, 0.1) is 0 Å². The van der Waals surface area contributed by atoms with Crippen molar-refractivity contribution in [2.24, 2.45) is 0 Å². The van der Waals surface area contributed by atoms with Crippen LogP contribution in [0.5, 0.6) is 0 Å². The van der Waals surface area contributed by atoms with E-state index in [1.54, 1.807) is 12.1 Å². The number of benzene rings is 1. The summed E-state index contributed by atoms with van der Waals surface area (Å²) in [5.41, 5.74) is 3.90. The number of anilines is 2. The molecule has 0 spiro atoms. The van der Waals surface area contributed by atoms with Crippen molar-refractivity contribution in [3.05, 3.63) is 47.2 Å². The smallest absolute Gasteiger partial charge is 0.271 e. The largest absolute Gasteiger partial charge is 0.349 e. The third-order valence-electron chi connectivity index (χ3n) is 3.99. The number of carbonyl (C=O) groups is 1. The van der Waals surface area contributed by atoms with E-state index in [0.29, 0.717) is 18.1 Å². The van der Waals surface area contributed by atoms with E-state index in [-0.39, 0.29) is 5.91 Å². The lowest BCUT2D eigenvalue weighted by atomic mass is 10.0. The van der Waals surface area contributed by atoms with Gasteiger partial charge in [0, 0.05) is 18.8 Å². The molecule has 1 amide bonds. The van der Waals surface area contributed by atoms with E-state index in [9.17, 15) is 4.79 Å². The number of rotatable bonds is 8. The van der Waals surface area contributed by atoms with Gasteiger partial charge < -0.3 is 15.5 Å². The Morgan fingerprint density at radius 2 is 1.72 bits per heavy atom. The molecule has 0 saturated heterocycles. The third kappa shape index (κ3) is 5.26. The standard InChI is InChI=1S/C19H27N5O/c1-5-14-8-7-9-15(6-2)18(14)21-17-11-10-16(22-23-17)19(25)20-12-13-24(3)4/h7-11H,5-6,12-13H2,1-4H3,(H,20,25)(H,21,23). The van der Waals surface area contributed by atoms with Crippen molar-refractivity contribution in [3.8, 4) is 0 Å². The molecule has 2 N–H and O–H groups in total. The second-order valence-corrected chi connectivity index (χ2v) is 6.15. The van der Waals surface area contributed by atoms with Crippen LogP contribution >= 0.6 is 0 Å². The summed E-state index contributed by atoms with van der Waals surface area (Å²) in [5.74, 6) is 0.435. The van der Waals surface area contributed by atoms with Gasteiger partial charge >= 0.3 is 0 Å². The van der Waals surface area contributed by atoms with Crippen molar-refractivity contribution in [2.75, 3.05) is 32.5 Å². The van der Waals surface area contributed by atoms with Crippen molar-refractivity contribution in [3.63, 3.8) is 0 Å². The number of nitrogens with one attached hydrogen (secondary N) is 2. The minimum Gasteiger partial charge on any atom is -0.349 e. The molecule has 0 aliphatic rings. The topological polar surface area (TPSA) is 70.2 Å². The predicted molar refractivity (Wildman–Crippen MR) is 101 cm³/mol. The first-order chi connectivity index (χ1) is 12.0. The van der Waals surface area contributed by atoms with E-state index in [0.717, 1.165) is 25.1 Å². The van der Waals surface area contributed by atoms with Crippen LogP contribution in [-0.4, -0.2) is 48.2 Å². The summed E-state index contributed by atoms with van der Waals surface area (Å²) in [7, 11) is 3.93. The van der Waals surface area contributed by atoms with Gasteiger partial charge in [-0.15, -0.1) is 10.2 Å². The summed E-state index contributed by atoms with van der Waals surface area (Å²) in [4.78, 5) is 14.1. The lowest BCUT2D eigenvalue weighted by molar-refractivity contribution is 0.0945. The molecular weight excluding hydrogens is 314 g/mol. The summed E-state index contributed by atoms with van der Waals surface area (Å²) in [6.45, 7) is 5.63. The predicted octanol–water partition coefficient (Wildman–Crippen LogP) is 2.64. The summed E-state index contributed by atoms with van der Waals surface area (Å²) in [6.07, 6.45) is 1.88. The average Bonchev–Trinajstić information content (AvgIpc) is 2.62. The van der Waals surface area contributed by atoms with Gasteiger partial charge in [-0.25, -0.2) is 0 Å². The molecule has 6 heteroatoms. The summed E-state index contributed by atoms with van der Waals surface area (Å²) in [6, 6.07) is 9.79. The van der Waals surface area contributed by atoms with Crippen molar-refractivity contribution < 1.29 is 4.79 Å². The van der Waals surface area contributed by atoms with Gasteiger partial charge in [0.05, 0.1) is 0 Å². The zero-order chi connectivity index (χ0) is 18.2. The third-order valence-corrected chi connectivity index (χ3v) is 3.99. The molecule has 0 fully saturated rings. The number of aromatic nitrogens is 2. The molecule has 2 rings (SSSR count). The van der Waals surface area contributed by atoms with Gasteiger partial charge in [0.1, 0.15) is 0 Å². The van der Waals surface area contributed by atoms with Crippen LogP contribution in [0.3, 0.4) is 0 Å². The molecule has 0 atom stereocenters. The summed E-state index contributed by atoms with van der Waals surface area (Å²) < 4.78 is 0. The number of amides is 1. The van der Waals surface area contributed by atoms with E-state index < -0.39 is 0 Å². The van der Waals surface area contributed by atoms with Crippen LogP contribution in [0.4, 0.5) is 11.5 Å². The van der Waals surface area contributed by atoms with Gasteiger partial charge in [-0.05, 0) is 50.2 Å². The fraction of sp³-hybridized carbons (Fsp3) is 0.421. The Kier molecular flexibility index (Phi) is 6.89. The number of likely N-dealkylation sites (N-methyl/N-ethyl adjacent to an activating group) is 1. The Morgan fingerprint density at radius 1 is 1.04 bits per heavy atom. The molecule has 0 aliphatic carbocycles. The molecule has 1 aromatic heterocycles. The lowest BCUT2D eigenvalue weighted by Crippen LogP contribution is -2.31. The molecule has 6 nitrogen and oxygen atoms in total. The summed E-state index contributed by atoms with van der Waals surface area (Å²) in [5, 5.41) is 14.4. The molecule has 0 bridgehead atoms.